The van der Waals surface area contributed by atoms with E-state index in [1.165, 1.54) is 0 Å². The molecule has 1 unspecified atom stereocenters. The Hall–Kier alpha value is -1.30. The predicted octanol–water partition coefficient (Wildman–Crippen LogP) is 0.722. The SMILES string of the molecule is CNCC(NC(=O)OC(C)(C)C)C(=O)N1CCCC1. The van der Waals surface area contributed by atoms with E-state index in [0.717, 1.165) is 25.9 Å². The Labute approximate surface area is 114 Å². The van der Waals surface area contributed by atoms with Crippen molar-refractivity contribution in [1.82, 2.24) is 15.5 Å². The summed E-state index contributed by atoms with van der Waals surface area (Å²) in [5.41, 5.74) is -0.565. The molecule has 6 nitrogen and oxygen atoms in total. The van der Waals surface area contributed by atoms with Crippen LogP contribution in [0.3, 0.4) is 0 Å². The molecule has 1 aliphatic rings. The van der Waals surface area contributed by atoms with Crippen molar-refractivity contribution in [3.63, 3.8) is 0 Å². The average Bonchev–Trinajstić information content (AvgIpc) is 2.78. The van der Waals surface area contributed by atoms with E-state index in [0.29, 0.717) is 6.54 Å². The van der Waals surface area contributed by atoms with E-state index in [9.17, 15) is 9.59 Å². The maximum Gasteiger partial charge on any atom is 0.408 e. The Balaban J connectivity index is 2.56. The molecule has 110 valence electrons. The maximum absolute atomic E-state index is 12.3. The van der Waals surface area contributed by atoms with Crippen molar-refractivity contribution in [2.75, 3.05) is 26.7 Å². The van der Waals surface area contributed by atoms with Crippen molar-refractivity contribution in [3.05, 3.63) is 0 Å². The number of hydrogen-bond donors (Lipinski definition) is 2. The minimum absolute atomic E-state index is 0.0438. The fourth-order valence-electron chi connectivity index (χ4n) is 2.01. The molecule has 1 aliphatic heterocycles. The van der Waals surface area contributed by atoms with E-state index in [1.54, 1.807) is 32.7 Å². The van der Waals surface area contributed by atoms with Gasteiger partial charge in [-0.25, -0.2) is 4.79 Å². The summed E-state index contributed by atoms with van der Waals surface area (Å²) in [6.45, 7) is 7.32. The Bertz CT molecular complexity index is 320. The van der Waals surface area contributed by atoms with Gasteiger partial charge in [0.2, 0.25) is 5.91 Å². The molecule has 19 heavy (non-hydrogen) atoms. The zero-order valence-corrected chi connectivity index (χ0v) is 12.3. The van der Waals surface area contributed by atoms with Crippen LogP contribution in [-0.4, -0.2) is 55.2 Å². The topological polar surface area (TPSA) is 70.7 Å². The van der Waals surface area contributed by atoms with Crippen LogP contribution in [0.5, 0.6) is 0 Å². The van der Waals surface area contributed by atoms with Crippen LogP contribution in [0.15, 0.2) is 0 Å². The molecule has 0 radical (unpaired) electrons. The van der Waals surface area contributed by atoms with E-state index >= 15 is 0 Å². The van der Waals surface area contributed by atoms with Crippen molar-refractivity contribution in [2.45, 2.75) is 45.3 Å². The summed E-state index contributed by atoms with van der Waals surface area (Å²) in [6.07, 6.45) is 1.51. The van der Waals surface area contributed by atoms with Gasteiger partial charge >= 0.3 is 6.09 Å². The van der Waals surface area contributed by atoms with Crippen LogP contribution in [0.25, 0.3) is 0 Å². The Morgan fingerprint density at radius 2 is 1.84 bits per heavy atom. The summed E-state index contributed by atoms with van der Waals surface area (Å²) < 4.78 is 5.18. The van der Waals surface area contributed by atoms with Crippen LogP contribution in [0.1, 0.15) is 33.6 Å². The van der Waals surface area contributed by atoms with Gasteiger partial charge in [0.1, 0.15) is 11.6 Å². The van der Waals surface area contributed by atoms with Crippen LogP contribution in [0.2, 0.25) is 0 Å². The number of ether oxygens (including phenoxy) is 1. The van der Waals surface area contributed by atoms with Crippen molar-refractivity contribution >= 4 is 12.0 Å². The molecule has 1 atom stereocenters. The van der Waals surface area contributed by atoms with Crippen LogP contribution < -0.4 is 10.6 Å². The highest BCUT2D eigenvalue weighted by atomic mass is 16.6. The smallest absolute Gasteiger partial charge is 0.408 e. The van der Waals surface area contributed by atoms with E-state index in [1.807, 2.05) is 0 Å². The summed E-state index contributed by atoms with van der Waals surface area (Å²) >= 11 is 0. The molecule has 0 aromatic rings. The van der Waals surface area contributed by atoms with Gasteiger partial charge in [0, 0.05) is 19.6 Å². The molecule has 1 rings (SSSR count). The van der Waals surface area contributed by atoms with Gasteiger partial charge in [-0.05, 0) is 40.7 Å². The number of nitrogens with one attached hydrogen (secondary N) is 2. The third kappa shape index (κ3) is 5.46. The molecule has 0 aliphatic carbocycles. The van der Waals surface area contributed by atoms with Crippen molar-refractivity contribution in [1.29, 1.82) is 0 Å². The van der Waals surface area contributed by atoms with Gasteiger partial charge in [-0.15, -0.1) is 0 Å². The number of alkyl carbamates (subject to hydrolysis) is 1. The summed E-state index contributed by atoms with van der Waals surface area (Å²) in [5, 5.41) is 5.56. The van der Waals surface area contributed by atoms with Gasteiger partial charge in [0.05, 0.1) is 0 Å². The highest BCUT2D eigenvalue weighted by Gasteiger charge is 2.28. The second-order valence-corrected chi connectivity index (χ2v) is 5.79. The minimum atomic E-state index is -0.571. The van der Waals surface area contributed by atoms with Crippen LogP contribution in [-0.2, 0) is 9.53 Å². The normalized spacial score (nSPS) is 17.2. The first-order valence-corrected chi connectivity index (χ1v) is 6.76. The summed E-state index contributed by atoms with van der Waals surface area (Å²) in [4.78, 5) is 25.8. The lowest BCUT2D eigenvalue weighted by Crippen LogP contribution is -2.53. The number of likely N-dealkylation sites (tertiary alicyclic amines) is 1. The van der Waals surface area contributed by atoms with Gasteiger partial charge in [-0.3, -0.25) is 4.79 Å². The molecular weight excluding hydrogens is 246 g/mol. The van der Waals surface area contributed by atoms with Crippen molar-refractivity contribution in [2.24, 2.45) is 0 Å². The molecule has 1 heterocycles. The van der Waals surface area contributed by atoms with Crippen molar-refractivity contribution < 1.29 is 14.3 Å². The molecule has 2 N–H and O–H groups in total. The van der Waals surface area contributed by atoms with Crippen LogP contribution >= 0.6 is 0 Å². The van der Waals surface area contributed by atoms with Crippen LogP contribution in [0, 0.1) is 0 Å². The summed E-state index contributed by atoms with van der Waals surface area (Å²) in [6, 6.07) is -0.571. The first-order valence-electron chi connectivity index (χ1n) is 6.76. The number of carbonyl (C=O) groups excluding carboxylic acids is 2. The molecule has 1 saturated heterocycles. The van der Waals surface area contributed by atoms with E-state index in [4.69, 9.17) is 4.74 Å². The lowest BCUT2D eigenvalue weighted by atomic mass is 10.2. The monoisotopic (exact) mass is 271 g/mol. The fourth-order valence-corrected chi connectivity index (χ4v) is 2.01. The molecule has 0 aromatic carbocycles. The largest absolute Gasteiger partial charge is 0.444 e. The number of carbonyl (C=O) groups is 2. The second kappa shape index (κ2) is 6.75. The maximum atomic E-state index is 12.3. The van der Waals surface area contributed by atoms with Gasteiger partial charge in [0.25, 0.3) is 0 Å². The standard InChI is InChI=1S/C13H25N3O3/c1-13(2,3)19-12(18)15-10(9-14-4)11(17)16-7-5-6-8-16/h10,14H,5-9H2,1-4H3,(H,15,18). The fraction of sp³-hybridized carbons (Fsp3) is 0.846. The number of likely N-dealkylation sites (N-methyl/N-ethyl adjacent to an activating group) is 1. The summed E-state index contributed by atoms with van der Waals surface area (Å²) in [7, 11) is 1.75. The highest BCUT2D eigenvalue weighted by molar-refractivity contribution is 5.86. The lowest BCUT2D eigenvalue weighted by molar-refractivity contribution is -0.132. The minimum Gasteiger partial charge on any atom is -0.444 e. The molecule has 0 spiro atoms. The zero-order valence-electron chi connectivity index (χ0n) is 12.3. The average molecular weight is 271 g/mol. The Morgan fingerprint density at radius 1 is 1.26 bits per heavy atom. The van der Waals surface area contributed by atoms with Gasteiger partial charge in [-0.1, -0.05) is 0 Å². The molecular formula is C13H25N3O3. The first-order chi connectivity index (χ1) is 8.83. The van der Waals surface area contributed by atoms with Crippen LogP contribution in [0.4, 0.5) is 4.79 Å². The number of nitrogens with zero attached hydrogens (tertiary/aromatic N) is 1. The zero-order chi connectivity index (χ0) is 14.5. The number of rotatable bonds is 4. The molecule has 6 heteroatoms. The number of hydrogen-bond acceptors (Lipinski definition) is 4. The quantitative estimate of drug-likeness (QED) is 0.790. The Kier molecular flexibility index (Phi) is 5.60. The number of amides is 2. The third-order valence-corrected chi connectivity index (χ3v) is 2.82. The molecule has 0 saturated carbocycles. The molecule has 0 bridgehead atoms. The third-order valence-electron chi connectivity index (χ3n) is 2.82. The van der Waals surface area contributed by atoms with Crippen molar-refractivity contribution in [3.8, 4) is 0 Å². The second-order valence-electron chi connectivity index (χ2n) is 5.79. The molecule has 1 fully saturated rings. The van der Waals surface area contributed by atoms with Gasteiger partial charge in [0.15, 0.2) is 0 Å². The van der Waals surface area contributed by atoms with Gasteiger partial charge < -0.3 is 20.3 Å². The highest BCUT2D eigenvalue weighted by Crippen LogP contribution is 2.10. The van der Waals surface area contributed by atoms with E-state index in [2.05, 4.69) is 10.6 Å². The summed E-state index contributed by atoms with van der Waals surface area (Å²) in [5.74, 6) is -0.0438. The Morgan fingerprint density at radius 3 is 2.32 bits per heavy atom. The van der Waals surface area contributed by atoms with Gasteiger partial charge in [-0.2, -0.15) is 0 Å². The predicted molar refractivity (Wildman–Crippen MR) is 72.9 cm³/mol. The first kappa shape index (κ1) is 15.8. The lowest BCUT2D eigenvalue weighted by Gasteiger charge is -2.26. The van der Waals surface area contributed by atoms with E-state index in [-0.39, 0.29) is 5.91 Å². The molecule has 2 amide bonds. The van der Waals surface area contributed by atoms with E-state index < -0.39 is 17.7 Å². The molecule has 0 aromatic heterocycles.